The van der Waals surface area contributed by atoms with Crippen molar-refractivity contribution < 1.29 is 5.11 Å². The topological polar surface area (TPSA) is 50.1 Å². The molecule has 0 amide bonds. The zero-order chi connectivity index (χ0) is 15.4. The smallest absolute Gasteiger partial charge is 0.0728 e. The minimum Gasteiger partial charge on any atom is -0.394 e. The molecule has 1 fully saturated rings. The summed E-state index contributed by atoms with van der Waals surface area (Å²) in [5, 5.41) is 16.8. The van der Waals surface area contributed by atoms with E-state index in [1.807, 2.05) is 12.4 Å². The predicted molar refractivity (Wildman–Crippen MR) is 89.0 cm³/mol. The molecule has 0 saturated heterocycles. The van der Waals surface area contributed by atoms with Crippen molar-refractivity contribution in [3.05, 3.63) is 48.3 Å². The molecule has 0 aliphatic heterocycles. The molecule has 22 heavy (non-hydrogen) atoms. The molecular formula is C18H25N3O. The van der Waals surface area contributed by atoms with Crippen LogP contribution in [0.3, 0.4) is 0 Å². The average Bonchev–Trinajstić information content (AvgIpc) is 2.98. The maximum Gasteiger partial charge on any atom is 0.0728 e. The van der Waals surface area contributed by atoms with E-state index in [1.165, 1.54) is 31.2 Å². The van der Waals surface area contributed by atoms with E-state index >= 15 is 0 Å². The maximum absolute atomic E-state index is 8.93. The van der Waals surface area contributed by atoms with E-state index < -0.39 is 0 Å². The standard InChI is InChI=1S/C18H25N3O/c1-18(15-5-3-2-4-6-15)9-7-16(8-10-18)20-17-13-19-21(14-17)11-12-22/h2-6,13-14,16,20,22H,7-12H2,1H3. The number of benzene rings is 1. The Morgan fingerprint density at radius 3 is 2.68 bits per heavy atom. The molecule has 3 rings (SSSR count). The normalized spacial score (nSPS) is 25.1. The number of rotatable bonds is 5. The molecule has 0 bridgehead atoms. The highest BCUT2D eigenvalue weighted by atomic mass is 16.3. The van der Waals surface area contributed by atoms with Crippen LogP contribution < -0.4 is 5.32 Å². The van der Waals surface area contributed by atoms with Gasteiger partial charge in [-0.25, -0.2) is 0 Å². The first-order chi connectivity index (χ1) is 10.7. The van der Waals surface area contributed by atoms with Crippen molar-refractivity contribution in [1.82, 2.24) is 9.78 Å². The van der Waals surface area contributed by atoms with Crippen molar-refractivity contribution in [3.63, 3.8) is 0 Å². The first-order valence-electron chi connectivity index (χ1n) is 8.15. The Morgan fingerprint density at radius 1 is 1.27 bits per heavy atom. The Balaban J connectivity index is 1.57. The molecule has 2 aromatic rings. The molecule has 0 unspecified atom stereocenters. The fourth-order valence-electron chi connectivity index (χ4n) is 3.43. The number of aliphatic hydroxyl groups excluding tert-OH is 1. The molecule has 0 radical (unpaired) electrons. The van der Waals surface area contributed by atoms with Crippen LogP contribution in [0.2, 0.25) is 0 Å². The molecule has 0 spiro atoms. The number of aromatic nitrogens is 2. The lowest BCUT2D eigenvalue weighted by Crippen LogP contribution is -2.34. The van der Waals surface area contributed by atoms with Crippen LogP contribution in [0.25, 0.3) is 0 Å². The van der Waals surface area contributed by atoms with Crippen LogP contribution in [0.15, 0.2) is 42.7 Å². The quantitative estimate of drug-likeness (QED) is 0.891. The second-order valence-electron chi connectivity index (χ2n) is 6.56. The minimum absolute atomic E-state index is 0.125. The number of hydrogen-bond donors (Lipinski definition) is 2. The van der Waals surface area contributed by atoms with E-state index in [2.05, 4.69) is 47.7 Å². The summed E-state index contributed by atoms with van der Waals surface area (Å²) in [6.07, 6.45) is 8.59. The molecule has 1 aromatic carbocycles. The van der Waals surface area contributed by atoms with Gasteiger partial charge in [-0.2, -0.15) is 5.10 Å². The third-order valence-corrected chi connectivity index (χ3v) is 4.89. The zero-order valence-corrected chi connectivity index (χ0v) is 13.2. The summed E-state index contributed by atoms with van der Waals surface area (Å²) < 4.78 is 1.78. The monoisotopic (exact) mass is 299 g/mol. The Kier molecular flexibility index (Phi) is 4.48. The molecule has 1 heterocycles. The number of nitrogens with one attached hydrogen (secondary N) is 1. The van der Waals surface area contributed by atoms with Gasteiger partial charge >= 0.3 is 0 Å². The highest BCUT2D eigenvalue weighted by Crippen LogP contribution is 2.39. The third kappa shape index (κ3) is 3.33. The fourth-order valence-corrected chi connectivity index (χ4v) is 3.43. The Hall–Kier alpha value is -1.81. The van der Waals surface area contributed by atoms with Crippen molar-refractivity contribution in [2.75, 3.05) is 11.9 Å². The average molecular weight is 299 g/mol. The van der Waals surface area contributed by atoms with Crippen molar-refractivity contribution in [2.45, 2.75) is 50.6 Å². The van der Waals surface area contributed by atoms with Crippen LogP contribution >= 0.6 is 0 Å². The van der Waals surface area contributed by atoms with Gasteiger partial charge in [0.25, 0.3) is 0 Å². The SMILES string of the molecule is CC1(c2ccccc2)CCC(Nc2cnn(CCO)c2)CC1. The summed E-state index contributed by atoms with van der Waals surface area (Å²) >= 11 is 0. The van der Waals surface area contributed by atoms with Crippen LogP contribution in [-0.4, -0.2) is 27.5 Å². The highest BCUT2D eigenvalue weighted by molar-refractivity contribution is 5.39. The molecule has 1 aliphatic rings. The van der Waals surface area contributed by atoms with Gasteiger partial charge in [0, 0.05) is 12.2 Å². The van der Waals surface area contributed by atoms with Gasteiger partial charge in [0.15, 0.2) is 0 Å². The number of hydrogen-bond acceptors (Lipinski definition) is 3. The zero-order valence-electron chi connectivity index (χ0n) is 13.2. The van der Waals surface area contributed by atoms with E-state index in [0.29, 0.717) is 18.0 Å². The third-order valence-electron chi connectivity index (χ3n) is 4.89. The summed E-state index contributed by atoms with van der Waals surface area (Å²) in [7, 11) is 0. The Labute approximate surface area is 132 Å². The van der Waals surface area contributed by atoms with Crippen molar-refractivity contribution >= 4 is 5.69 Å². The Bertz CT molecular complexity index is 585. The summed E-state index contributed by atoms with van der Waals surface area (Å²) in [4.78, 5) is 0. The Morgan fingerprint density at radius 2 is 2.00 bits per heavy atom. The predicted octanol–water partition coefficient (Wildman–Crippen LogP) is 3.19. The van der Waals surface area contributed by atoms with Gasteiger partial charge in [-0.05, 0) is 36.7 Å². The molecule has 1 aromatic heterocycles. The van der Waals surface area contributed by atoms with Crippen molar-refractivity contribution in [3.8, 4) is 0 Å². The minimum atomic E-state index is 0.125. The molecule has 2 N–H and O–H groups in total. The van der Waals surface area contributed by atoms with E-state index in [4.69, 9.17) is 5.11 Å². The van der Waals surface area contributed by atoms with Crippen LogP contribution in [0.5, 0.6) is 0 Å². The van der Waals surface area contributed by atoms with Gasteiger partial charge < -0.3 is 10.4 Å². The summed E-state index contributed by atoms with van der Waals surface area (Å²) in [6, 6.07) is 11.4. The lowest BCUT2D eigenvalue weighted by atomic mass is 9.69. The second-order valence-corrected chi connectivity index (χ2v) is 6.56. The summed E-state index contributed by atoms with van der Waals surface area (Å²) in [6.45, 7) is 3.07. The van der Waals surface area contributed by atoms with Gasteiger partial charge in [-0.3, -0.25) is 4.68 Å². The van der Waals surface area contributed by atoms with E-state index in [-0.39, 0.29) is 6.61 Å². The molecule has 4 nitrogen and oxygen atoms in total. The number of aliphatic hydroxyl groups is 1. The highest BCUT2D eigenvalue weighted by Gasteiger charge is 2.32. The van der Waals surface area contributed by atoms with Gasteiger partial charge in [0.05, 0.1) is 25.0 Å². The molecule has 1 saturated carbocycles. The molecule has 118 valence electrons. The molecule has 0 atom stereocenters. The first kappa shape index (κ1) is 15.1. The van der Waals surface area contributed by atoms with E-state index in [1.54, 1.807) is 4.68 Å². The van der Waals surface area contributed by atoms with E-state index in [9.17, 15) is 0 Å². The molecular weight excluding hydrogens is 274 g/mol. The second kappa shape index (κ2) is 6.53. The maximum atomic E-state index is 8.93. The van der Waals surface area contributed by atoms with Gasteiger partial charge in [-0.1, -0.05) is 37.3 Å². The lowest BCUT2D eigenvalue weighted by Gasteiger charge is -2.38. The largest absolute Gasteiger partial charge is 0.394 e. The first-order valence-corrected chi connectivity index (χ1v) is 8.15. The molecule has 1 aliphatic carbocycles. The van der Waals surface area contributed by atoms with Crippen LogP contribution in [0, 0.1) is 0 Å². The van der Waals surface area contributed by atoms with Crippen LogP contribution in [0.1, 0.15) is 38.2 Å². The van der Waals surface area contributed by atoms with Gasteiger partial charge in [-0.15, -0.1) is 0 Å². The molecule has 4 heteroatoms. The summed E-state index contributed by atoms with van der Waals surface area (Å²) in [5.74, 6) is 0. The lowest BCUT2D eigenvalue weighted by molar-refractivity contribution is 0.269. The number of anilines is 1. The van der Waals surface area contributed by atoms with Crippen molar-refractivity contribution in [2.24, 2.45) is 0 Å². The van der Waals surface area contributed by atoms with Crippen molar-refractivity contribution in [1.29, 1.82) is 0 Å². The van der Waals surface area contributed by atoms with Gasteiger partial charge in [0.1, 0.15) is 0 Å². The van der Waals surface area contributed by atoms with E-state index in [0.717, 1.165) is 5.69 Å². The summed E-state index contributed by atoms with van der Waals surface area (Å²) in [5.41, 5.74) is 2.83. The fraction of sp³-hybridized carbons (Fsp3) is 0.500. The van der Waals surface area contributed by atoms with Crippen LogP contribution in [-0.2, 0) is 12.0 Å². The number of nitrogens with zero attached hydrogens (tertiary/aromatic N) is 2. The van der Waals surface area contributed by atoms with Gasteiger partial charge in [0.2, 0.25) is 0 Å². The van der Waals surface area contributed by atoms with Crippen LogP contribution in [0.4, 0.5) is 5.69 Å².